The number of benzene rings is 1. The number of nitrogens with zero attached hydrogens (tertiary/aromatic N) is 2. The maximum atomic E-state index is 5.93. The quantitative estimate of drug-likeness (QED) is 0.793. The van der Waals surface area contributed by atoms with Crippen LogP contribution in [0.2, 0.25) is 0 Å². The summed E-state index contributed by atoms with van der Waals surface area (Å²) in [7, 11) is 0. The van der Waals surface area contributed by atoms with Crippen molar-refractivity contribution in [2.75, 3.05) is 5.73 Å². The molecule has 0 unspecified atom stereocenters. The number of aromatic nitrogens is 2. The first-order chi connectivity index (χ1) is 10.2. The number of aryl methyl sites for hydroxylation is 1. The van der Waals surface area contributed by atoms with Crippen molar-refractivity contribution in [2.45, 2.75) is 32.1 Å². The summed E-state index contributed by atoms with van der Waals surface area (Å²) in [5.74, 6) is 0.637. The lowest BCUT2D eigenvalue weighted by Crippen LogP contribution is -1.94. The number of fused-ring (bicyclic) bond motifs is 1. The summed E-state index contributed by atoms with van der Waals surface area (Å²) in [6.07, 6.45) is 3.39. The summed E-state index contributed by atoms with van der Waals surface area (Å²) < 4.78 is 0. The van der Waals surface area contributed by atoms with E-state index in [1.165, 1.54) is 34.4 Å². The molecule has 0 spiro atoms. The standard InChI is InChI=1S/C17H17N3S/c1-10-5-6-11-3-2-4-13(15(11)19-10)9-14-16(12-7-8-12)20-17(18)21-14/h2-6,12H,7-9H2,1H3,(H2,18,20). The maximum Gasteiger partial charge on any atom is 0.180 e. The van der Waals surface area contributed by atoms with Crippen LogP contribution < -0.4 is 5.73 Å². The minimum Gasteiger partial charge on any atom is -0.375 e. The highest BCUT2D eigenvalue weighted by Crippen LogP contribution is 2.43. The van der Waals surface area contributed by atoms with Gasteiger partial charge in [-0.05, 0) is 31.4 Å². The first-order valence-electron chi connectivity index (χ1n) is 7.31. The average molecular weight is 295 g/mol. The van der Waals surface area contributed by atoms with E-state index in [2.05, 4.69) is 35.3 Å². The van der Waals surface area contributed by atoms with Crippen molar-refractivity contribution in [1.29, 1.82) is 0 Å². The van der Waals surface area contributed by atoms with Gasteiger partial charge in [0, 0.05) is 28.3 Å². The molecule has 1 aliphatic rings. The van der Waals surface area contributed by atoms with E-state index >= 15 is 0 Å². The number of para-hydroxylation sites is 1. The van der Waals surface area contributed by atoms with Crippen molar-refractivity contribution < 1.29 is 0 Å². The monoisotopic (exact) mass is 295 g/mol. The molecule has 0 saturated heterocycles. The van der Waals surface area contributed by atoms with Gasteiger partial charge in [-0.1, -0.05) is 24.3 Å². The van der Waals surface area contributed by atoms with Gasteiger partial charge in [0.05, 0.1) is 11.2 Å². The Kier molecular flexibility index (Phi) is 2.93. The molecular weight excluding hydrogens is 278 g/mol. The number of thiazole rings is 1. The van der Waals surface area contributed by atoms with Gasteiger partial charge in [0.1, 0.15) is 0 Å². The molecule has 21 heavy (non-hydrogen) atoms. The van der Waals surface area contributed by atoms with Gasteiger partial charge in [-0.3, -0.25) is 4.98 Å². The number of pyridine rings is 1. The first kappa shape index (κ1) is 12.8. The fourth-order valence-corrected chi connectivity index (χ4v) is 3.75. The molecule has 2 aromatic heterocycles. The molecule has 0 aliphatic heterocycles. The highest BCUT2D eigenvalue weighted by Gasteiger charge is 2.29. The van der Waals surface area contributed by atoms with Gasteiger partial charge >= 0.3 is 0 Å². The van der Waals surface area contributed by atoms with E-state index in [1.54, 1.807) is 11.3 Å². The van der Waals surface area contributed by atoms with Gasteiger partial charge in [-0.15, -0.1) is 11.3 Å². The molecule has 3 aromatic rings. The Labute approximate surface area is 127 Å². The number of nitrogen functional groups attached to an aromatic ring is 1. The van der Waals surface area contributed by atoms with Crippen molar-refractivity contribution in [3.05, 3.63) is 52.2 Å². The molecule has 0 amide bonds. The van der Waals surface area contributed by atoms with Crippen molar-refractivity contribution in [2.24, 2.45) is 0 Å². The lowest BCUT2D eigenvalue weighted by Gasteiger charge is -2.06. The van der Waals surface area contributed by atoms with E-state index in [0.29, 0.717) is 11.0 Å². The van der Waals surface area contributed by atoms with Gasteiger partial charge in [0.2, 0.25) is 0 Å². The molecule has 1 fully saturated rings. The van der Waals surface area contributed by atoms with Crippen molar-refractivity contribution in [3.8, 4) is 0 Å². The molecule has 0 atom stereocenters. The molecule has 3 nitrogen and oxygen atoms in total. The van der Waals surface area contributed by atoms with Crippen LogP contribution in [-0.2, 0) is 6.42 Å². The zero-order valence-electron chi connectivity index (χ0n) is 12.0. The highest BCUT2D eigenvalue weighted by molar-refractivity contribution is 7.15. The second kappa shape index (κ2) is 4.81. The molecule has 4 rings (SSSR count). The van der Waals surface area contributed by atoms with Gasteiger partial charge < -0.3 is 5.73 Å². The summed E-state index contributed by atoms with van der Waals surface area (Å²) in [6.45, 7) is 2.04. The predicted octanol–water partition coefficient (Wildman–Crippen LogP) is 4.05. The van der Waals surface area contributed by atoms with Crippen LogP contribution in [0.15, 0.2) is 30.3 Å². The van der Waals surface area contributed by atoms with E-state index in [1.807, 2.05) is 6.92 Å². The summed E-state index contributed by atoms with van der Waals surface area (Å²) >= 11 is 1.63. The second-order valence-electron chi connectivity index (χ2n) is 5.75. The summed E-state index contributed by atoms with van der Waals surface area (Å²) in [4.78, 5) is 10.6. The van der Waals surface area contributed by atoms with E-state index < -0.39 is 0 Å². The zero-order valence-corrected chi connectivity index (χ0v) is 12.8. The van der Waals surface area contributed by atoms with Gasteiger partial charge in [-0.25, -0.2) is 4.98 Å². The minimum atomic E-state index is 0.637. The van der Waals surface area contributed by atoms with Crippen LogP contribution in [0.1, 0.15) is 40.6 Å². The molecule has 2 heterocycles. The molecule has 1 aromatic carbocycles. The largest absolute Gasteiger partial charge is 0.375 e. The van der Waals surface area contributed by atoms with Crippen LogP contribution in [0.3, 0.4) is 0 Å². The third-order valence-electron chi connectivity index (χ3n) is 4.00. The highest BCUT2D eigenvalue weighted by atomic mass is 32.1. The van der Waals surface area contributed by atoms with E-state index in [-0.39, 0.29) is 0 Å². The zero-order chi connectivity index (χ0) is 14.4. The fraction of sp³-hybridized carbons (Fsp3) is 0.294. The molecule has 4 heteroatoms. The lowest BCUT2D eigenvalue weighted by molar-refractivity contribution is 1.01. The lowest BCUT2D eigenvalue weighted by atomic mass is 10.0. The Hall–Kier alpha value is -1.94. The molecular formula is C17H17N3S. The summed E-state index contributed by atoms with van der Waals surface area (Å²) in [5.41, 5.74) is 10.6. The van der Waals surface area contributed by atoms with Crippen molar-refractivity contribution >= 4 is 27.4 Å². The molecule has 0 radical (unpaired) electrons. The molecule has 1 aliphatic carbocycles. The summed E-state index contributed by atoms with van der Waals surface area (Å²) in [5, 5.41) is 1.89. The SMILES string of the molecule is Cc1ccc2cccc(Cc3sc(N)nc3C3CC3)c2n1. The molecule has 2 N–H and O–H groups in total. The van der Waals surface area contributed by atoms with Crippen molar-refractivity contribution in [3.63, 3.8) is 0 Å². The molecule has 1 saturated carbocycles. The number of nitrogens with two attached hydrogens (primary N) is 1. The third-order valence-corrected chi connectivity index (χ3v) is 4.90. The number of anilines is 1. The van der Waals surface area contributed by atoms with Gasteiger partial charge in [0.15, 0.2) is 5.13 Å². The normalized spacial score (nSPS) is 14.7. The van der Waals surface area contributed by atoms with E-state index in [0.717, 1.165) is 17.6 Å². The Morgan fingerprint density at radius 2 is 2.05 bits per heavy atom. The Morgan fingerprint density at radius 1 is 1.19 bits per heavy atom. The van der Waals surface area contributed by atoms with E-state index in [9.17, 15) is 0 Å². The van der Waals surface area contributed by atoms with Crippen LogP contribution in [0, 0.1) is 6.92 Å². The predicted molar refractivity (Wildman–Crippen MR) is 87.8 cm³/mol. The first-order valence-corrected chi connectivity index (χ1v) is 8.12. The van der Waals surface area contributed by atoms with E-state index in [4.69, 9.17) is 10.7 Å². The number of hydrogen-bond donors (Lipinski definition) is 1. The van der Waals surface area contributed by atoms with Crippen LogP contribution in [0.4, 0.5) is 5.13 Å². The van der Waals surface area contributed by atoms with Crippen molar-refractivity contribution in [1.82, 2.24) is 9.97 Å². The van der Waals surface area contributed by atoms with Crippen LogP contribution >= 0.6 is 11.3 Å². The molecule has 0 bridgehead atoms. The van der Waals surface area contributed by atoms with Crippen LogP contribution in [0.5, 0.6) is 0 Å². The topological polar surface area (TPSA) is 51.8 Å². The van der Waals surface area contributed by atoms with Gasteiger partial charge in [0.25, 0.3) is 0 Å². The minimum absolute atomic E-state index is 0.637. The Balaban J connectivity index is 1.79. The van der Waals surface area contributed by atoms with Crippen LogP contribution in [0.25, 0.3) is 10.9 Å². The number of hydrogen-bond acceptors (Lipinski definition) is 4. The smallest absolute Gasteiger partial charge is 0.180 e. The number of rotatable bonds is 3. The second-order valence-corrected chi connectivity index (χ2v) is 6.87. The Bertz CT molecular complexity index is 818. The third kappa shape index (κ3) is 2.40. The summed E-state index contributed by atoms with van der Waals surface area (Å²) in [6, 6.07) is 10.6. The maximum absolute atomic E-state index is 5.93. The van der Waals surface area contributed by atoms with Crippen LogP contribution in [-0.4, -0.2) is 9.97 Å². The molecule has 106 valence electrons. The fourth-order valence-electron chi connectivity index (χ4n) is 2.81. The average Bonchev–Trinajstić information content (AvgIpc) is 3.24. The Morgan fingerprint density at radius 3 is 2.86 bits per heavy atom. The van der Waals surface area contributed by atoms with Gasteiger partial charge in [-0.2, -0.15) is 0 Å².